The molecule has 0 aliphatic rings. The van der Waals surface area contributed by atoms with Gasteiger partial charge in [0, 0.05) is 6.61 Å². The molecule has 0 fully saturated rings. The summed E-state index contributed by atoms with van der Waals surface area (Å²) in [6.45, 7) is 4.99. The Morgan fingerprint density at radius 2 is 1.90 bits per heavy atom. The number of carbonyl (C=O) groups is 1. The smallest absolute Gasteiger partial charge is 0.335 e. The van der Waals surface area contributed by atoms with Crippen LogP contribution in [0.4, 0.5) is 0 Å². The average molecular weight is 270 g/mol. The summed E-state index contributed by atoms with van der Waals surface area (Å²) in [6.07, 6.45) is 0. The van der Waals surface area contributed by atoms with E-state index in [-0.39, 0.29) is 5.56 Å². The summed E-state index contributed by atoms with van der Waals surface area (Å²) in [5.74, 6) is -0.918. The lowest BCUT2D eigenvalue weighted by Crippen LogP contribution is -2.01. The molecule has 0 aliphatic carbocycles. The van der Waals surface area contributed by atoms with Crippen LogP contribution in [0.25, 0.3) is 11.1 Å². The highest BCUT2D eigenvalue weighted by Crippen LogP contribution is 2.28. The number of benzene rings is 2. The maximum absolute atomic E-state index is 11.1. The van der Waals surface area contributed by atoms with E-state index in [1.807, 2.05) is 44.2 Å². The van der Waals surface area contributed by atoms with Crippen molar-refractivity contribution < 1.29 is 14.6 Å². The highest BCUT2D eigenvalue weighted by molar-refractivity contribution is 5.89. The van der Waals surface area contributed by atoms with Crippen LogP contribution in [0.5, 0.6) is 0 Å². The highest BCUT2D eigenvalue weighted by Gasteiger charge is 2.11. The number of hydrogen-bond acceptors (Lipinski definition) is 2. The van der Waals surface area contributed by atoms with E-state index in [2.05, 4.69) is 0 Å². The molecule has 2 aromatic rings. The lowest BCUT2D eigenvalue weighted by molar-refractivity contribution is 0.0696. The molecule has 0 atom stereocenters. The first-order valence-corrected chi connectivity index (χ1v) is 6.63. The predicted molar refractivity (Wildman–Crippen MR) is 78.9 cm³/mol. The normalized spacial score (nSPS) is 10.5. The van der Waals surface area contributed by atoms with Crippen LogP contribution in [0.3, 0.4) is 0 Å². The van der Waals surface area contributed by atoms with Gasteiger partial charge in [0.05, 0.1) is 12.2 Å². The number of aryl methyl sites for hydroxylation is 1. The van der Waals surface area contributed by atoms with E-state index < -0.39 is 5.97 Å². The monoisotopic (exact) mass is 270 g/mol. The van der Waals surface area contributed by atoms with E-state index in [4.69, 9.17) is 9.84 Å². The molecule has 0 aliphatic heterocycles. The minimum Gasteiger partial charge on any atom is -0.478 e. The zero-order valence-electron chi connectivity index (χ0n) is 11.7. The fraction of sp³-hybridized carbons (Fsp3) is 0.235. The molecule has 0 saturated heterocycles. The Balaban J connectivity index is 2.51. The number of hydrogen-bond donors (Lipinski definition) is 1. The molecule has 0 radical (unpaired) electrons. The van der Waals surface area contributed by atoms with Crippen molar-refractivity contribution in [1.82, 2.24) is 0 Å². The van der Waals surface area contributed by atoms with Crippen LogP contribution in [0.1, 0.15) is 28.4 Å². The van der Waals surface area contributed by atoms with Gasteiger partial charge in [-0.05, 0) is 48.2 Å². The molecule has 0 spiro atoms. The van der Waals surface area contributed by atoms with Gasteiger partial charge in [0.1, 0.15) is 0 Å². The molecule has 0 bridgehead atoms. The van der Waals surface area contributed by atoms with E-state index >= 15 is 0 Å². The molecule has 0 unspecified atom stereocenters. The van der Waals surface area contributed by atoms with Gasteiger partial charge in [0.15, 0.2) is 0 Å². The largest absolute Gasteiger partial charge is 0.478 e. The van der Waals surface area contributed by atoms with E-state index in [1.165, 1.54) is 0 Å². The van der Waals surface area contributed by atoms with Crippen LogP contribution >= 0.6 is 0 Å². The van der Waals surface area contributed by atoms with Crippen LogP contribution in [0.2, 0.25) is 0 Å². The summed E-state index contributed by atoms with van der Waals surface area (Å²) in [4.78, 5) is 11.1. The number of carboxylic acid groups (broad SMARTS) is 1. The van der Waals surface area contributed by atoms with Gasteiger partial charge >= 0.3 is 5.97 Å². The van der Waals surface area contributed by atoms with Gasteiger partial charge in [-0.3, -0.25) is 0 Å². The van der Waals surface area contributed by atoms with Gasteiger partial charge in [-0.1, -0.05) is 30.3 Å². The molecule has 104 valence electrons. The SMILES string of the molecule is CCOCc1cc(C(=O)O)ccc1-c1ccccc1C. The maximum Gasteiger partial charge on any atom is 0.335 e. The van der Waals surface area contributed by atoms with Gasteiger partial charge in [0.2, 0.25) is 0 Å². The van der Waals surface area contributed by atoms with Crippen molar-refractivity contribution in [2.75, 3.05) is 6.61 Å². The first kappa shape index (κ1) is 14.3. The molecule has 0 heterocycles. The van der Waals surface area contributed by atoms with Crippen LogP contribution < -0.4 is 0 Å². The Hall–Kier alpha value is -2.13. The van der Waals surface area contributed by atoms with Crippen molar-refractivity contribution in [3.05, 3.63) is 59.2 Å². The topological polar surface area (TPSA) is 46.5 Å². The second-order valence-electron chi connectivity index (χ2n) is 4.63. The fourth-order valence-electron chi connectivity index (χ4n) is 2.20. The summed E-state index contributed by atoms with van der Waals surface area (Å²) in [5, 5.41) is 9.11. The summed E-state index contributed by atoms with van der Waals surface area (Å²) < 4.78 is 5.46. The molecule has 2 rings (SSSR count). The third kappa shape index (κ3) is 3.06. The van der Waals surface area contributed by atoms with Crippen molar-refractivity contribution in [3.8, 4) is 11.1 Å². The third-order valence-corrected chi connectivity index (χ3v) is 3.25. The summed E-state index contributed by atoms with van der Waals surface area (Å²) in [5.41, 5.74) is 4.49. The van der Waals surface area contributed by atoms with Crippen LogP contribution in [0, 0.1) is 6.92 Å². The van der Waals surface area contributed by atoms with Crippen molar-refractivity contribution in [1.29, 1.82) is 0 Å². The maximum atomic E-state index is 11.1. The van der Waals surface area contributed by atoms with Crippen LogP contribution in [-0.4, -0.2) is 17.7 Å². The third-order valence-electron chi connectivity index (χ3n) is 3.25. The quantitative estimate of drug-likeness (QED) is 0.896. The Morgan fingerprint density at radius 3 is 2.55 bits per heavy atom. The Kier molecular flexibility index (Phi) is 4.53. The molecule has 0 aromatic heterocycles. The first-order chi connectivity index (χ1) is 9.63. The van der Waals surface area contributed by atoms with E-state index in [0.29, 0.717) is 13.2 Å². The Labute approximate surface area is 118 Å². The number of rotatable bonds is 5. The highest BCUT2D eigenvalue weighted by atomic mass is 16.5. The van der Waals surface area contributed by atoms with E-state index in [9.17, 15) is 4.79 Å². The van der Waals surface area contributed by atoms with Crippen LogP contribution in [0.15, 0.2) is 42.5 Å². The fourth-order valence-corrected chi connectivity index (χ4v) is 2.20. The summed E-state index contributed by atoms with van der Waals surface area (Å²) >= 11 is 0. The molecule has 1 N–H and O–H groups in total. The zero-order chi connectivity index (χ0) is 14.5. The van der Waals surface area contributed by atoms with Gasteiger partial charge < -0.3 is 9.84 Å². The Bertz CT molecular complexity index is 617. The van der Waals surface area contributed by atoms with Crippen molar-refractivity contribution in [2.24, 2.45) is 0 Å². The Morgan fingerprint density at radius 1 is 1.15 bits per heavy atom. The molecule has 20 heavy (non-hydrogen) atoms. The van der Waals surface area contributed by atoms with Gasteiger partial charge in [-0.2, -0.15) is 0 Å². The van der Waals surface area contributed by atoms with Gasteiger partial charge in [-0.15, -0.1) is 0 Å². The molecule has 0 amide bonds. The lowest BCUT2D eigenvalue weighted by atomic mass is 9.95. The number of carboxylic acids is 1. The van der Waals surface area contributed by atoms with Crippen molar-refractivity contribution in [2.45, 2.75) is 20.5 Å². The minimum atomic E-state index is -0.918. The van der Waals surface area contributed by atoms with Gasteiger partial charge in [-0.25, -0.2) is 4.79 Å². The number of aromatic carboxylic acids is 1. The molecule has 3 nitrogen and oxygen atoms in total. The molecule has 3 heteroatoms. The first-order valence-electron chi connectivity index (χ1n) is 6.63. The van der Waals surface area contributed by atoms with Gasteiger partial charge in [0.25, 0.3) is 0 Å². The summed E-state index contributed by atoms with van der Waals surface area (Å²) in [7, 11) is 0. The average Bonchev–Trinajstić information content (AvgIpc) is 2.45. The predicted octanol–water partition coefficient (Wildman–Crippen LogP) is 3.90. The minimum absolute atomic E-state index is 0.289. The van der Waals surface area contributed by atoms with Crippen molar-refractivity contribution in [3.63, 3.8) is 0 Å². The second kappa shape index (κ2) is 6.35. The second-order valence-corrected chi connectivity index (χ2v) is 4.63. The van der Waals surface area contributed by atoms with E-state index in [1.54, 1.807) is 12.1 Å². The van der Waals surface area contributed by atoms with E-state index in [0.717, 1.165) is 22.3 Å². The summed E-state index contributed by atoms with van der Waals surface area (Å²) in [6, 6.07) is 13.3. The molecule has 0 saturated carbocycles. The van der Waals surface area contributed by atoms with Crippen molar-refractivity contribution >= 4 is 5.97 Å². The molecular formula is C17H18O3. The number of ether oxygens (including phenoxy) is 1. The van der Waals surface area contributed by atoms with Crippen LogP contribution in [-0.2, 0) is 11.3 Å². The molecule has 2 aromatic carbocycles. The molecular weight excluding hydrogens is 252 g/mol. The zero-order valence-corrected chi connectivity index (χ0v) is 11.7. The standard InChI is InChI=1S/C17H18O3/c1-3-20-11-14-10-13(17(18)19)8-9-16(14)15-7-5-4-6-12(15)2/h4-10H,3,11H2,1-2H3,(H,18,19). The lowest BCUT2D eigenvalue weighted by Gasteiger charge is -2.13.